The minimum Gasteiger partial charge on any atom is -0.497 e. The SMILES string of the molecule is COc1ccc(C(OC[C@H]2O[C@H]3N=C(NC(C)=O)O[C@H]3[C@@H]2O[P@]2O[C@H](CS(=O)(=O)c3ccccc3)[C@@H]3CCCN32)(c2ccccc2)c2ccc(OC)cc2)cc1. The minimum absolute atomic E-state index is 0.0252. The second-order valence-electron chi connectivity index (χ2n) is 14.0. The Hall–Kier alpha value is -4.40. The van der Waals surface area contributed by atoms with Gasteiger partial charge in [-0.15, -0.1) is 0 Å². The predicted octanol–water partition coefficient (Wildman–Crippen LogP) is 5.58. The molecule has 3 saturated heterocycles. The lowest BCUT2D eigenvalue weighted by atomic mass is 9.80. The first-order valence-corrected chi connectivity index (χ1v) is 21.3. The highest BCUT2D eigenvalue weighted by molar-refractivity contribution is 7.91. The maximum Gasteiger partial charge on any atom is 0.294 e. The van der Waals surface area contributed by atoms with Crippen LogP contribution in [-0.4, -0.2) is 94.8 Å². The summed E-state index contributed by atoms with van der Waals surface area (Å²) in [6.45, 7) is 2.10. The molecule has 4 aliphatic heterocycles. The van der Waals surface area contributed by atoms with E-state index >= 15 is 0 Å². The van der Waals surface area contributed by atoms with E-state index in [1.54, 1.807) is 44.6 Å². The smallest absolute Gasteiger partial charge is 0.294 e. The summed E-state index contributed by atoms with van der Waals surface area (Å²) in [5, 5.41) is 2.62. The second kappa shape index (κ2) is 16.2. The van der Waals surface area contributed by atoms with Crippen LogP contribution in [0.2, 0.25) is 0 Å². The monoisotopic (exact) mass is 801 g/mol. The van der Waals surface area contributed by atoms with Crippen LogP contribution in [-0.2, 0) is 43.5 Å². The summed E-state index contributed by atoms with van der Waals surface area (Å²) in [7, 11) is -2.11. The summed E-state index contributed by atoms with van der Waals surface area (Å²) in [5.74, 6) is 0.892. The number of carbonyl (C=O) groups is 1. The van der Waals surface area contributed by atoms with Gasteiger partial charge in [0, 0.05) is 19.5 Å². The highest BCUT2D eigenvalue weighted by Gasteiger charge is 2.56. The molecule has 7 atom stereocenters. The van der Waals surface area contributed by atoms with Crippen molar-refractivity contribution in [3.63, 3.8) is 0 Å². The molecule has 13 nitrogen and oxygen atoms in total. The van der Waals surface area contributed by atoms with Crippen LogP contribution in [0.5, 0.6) is 11.5 Å². The van der Waals surface area contributed by atoms with Crippen LogP contribution in [0.3, 0.4) is 0 Å². The zero-order valence-corrected chi connectivity index (χ0v) is 32.9. The van der Waals surface area contributed by atoms with Crippen LogP contribution < -0.4 is 14.8 Å². The molecule has 0 saturated carbocycles. The molecule has 294 valence electrons. The summed E-state index contributed by atoms with van der Waals surface area (Å²) in [5.41, 5.74) is 1.43. The Morgan fingerprint density at radius 2 is 1.48 bits per heavy atom. The number of amides is 1. The number of benzene rings is 4. The molecule has 4 aromatic rings. The van der Waals surface area contributed by atoms with Crippen molar-refractivity contribution in [3.05, 3.63) is 126 Å². The first-order valence-electron chi connectivity index (χ1n) is 18.5. The number of amidine groups is 1. The number of fused-ring (bicyclic) bond motifs is 2. The Bertz CT molecular complexity index is 2080. The normalized spacial score (nSPS) is 25.9. The molecule has 0 aromatic heterocycles. The van der Waals surface area contributed by atoms with Crippen molar-refractivity contribution in [1.29, 1.82) is 0 Å². The molecule has 0 unspecified atom stereocenters. The van der Waals surface area contributed by atoms with E-state index < -0.39 is 54.6 Å². The number of hydrogen-bond acceptors (Lipinski definition) is 12. The van der Waals surface area contributed by atoms with Gasteiger partial charge in [0.1, 0.15) is 29.3 Å². The molecule has 8 rings (SSSR count). The average Bonchev–Trinajstić information content (AvgIpc) is 4.00. The molecule has 0 spiro atoms. The van der Waals surface area contributed by atoms with E-state index in [9.17, 15) is 13.2 Å². The number of aliphatic imine (C=N–C) groups is 1. The van der Waals surface area contributed by atoms with E-state index in [0.29, 0.717) is 18.0 Å². The first kappa shape index (κ1) is 38.5. The van der Waals surface area contributed by atoms with Crippen molar-refractivity contribution in [2.75, 3.05) is 33.1 Å². The van der Waals surface area contributed by atoms with Crippen LogP contribution in [0.25, 0.3) is 0 Å². The van der Waals surface area contributed by atoms with Gasteiger partial charge in [-0.1, -0.05) is 72.8 Å². The molecule has 0 aliphatic carbocycles. The van der Waals surface area contributed by atoms with Gasteiger partial charge >= 0.3 is 0 Å². The largest absolute Gasteiger partial charge is 0.497 e. The fourth-order valence-corrected chi connectivity index (χ4v) is 11.4. The van der Waals surface area contributed by atoms with Gasteiger partial charge in [-0.2, -0.15) is 4.99 Å². The van der Waals surface area contributed by atoms with Crippen molar-refractivity contribution >= 4 is 30.3 Å². The van der Waals surface area contributed by atoms with Crippen LogP contribution in [0.15, 0.2) is 119 Å². The predicted molar refractivity (Wildman–Crippen MR) is 208 cm³/mol. The average molecular weight is 802 g/mol. The number of ether oxygens (including phenoxy) is 5. The van der Waals surface area contributed by atoms with Crippen molar-refractivity contribution in [2.24, 2.45) is 4.99 Å². The lowest BCUT2D eigenvalue weighted by Gasteiger charge is -2.37. The molecule has 4 heterocycles. The molecule has 15 heteroatoms. The van der Waals surface area contributed by atoms with E-state index in [2.05, 4.69) is 15.0 Å². The number of carbonyl (C=O) groups excluding carboxylic acids is 1. The zero-order valence-electron chi connectivity index (χ0n) is 31.2. The van der Waals surface area contributed by atoms with Gasteiger partial charge in [0.2, 0.25) is 5.91 Å². The number of sulfone groups is 1. The number of rotatable bonds is 13. The highest BCUT2D eigenvalue weighted by Crippen LogP contribution is 2.58. The van der Waals surface area contributed by atoms with Gasteiger partial charge in [-0.3, -0.25) is 10.1 Å². The summed E-state index contributed by atoms with van der Waals surface area (Å²) in [6, 6.07) is 33.8. The molecular formula is C41H44N3O10PS. The number of nitrogens with one attached hydrogen (secondary N) is 1. The summed E-state index contributed by atoms with van der Waals surface area (Å²) >= 11 is 0. The Kier molecular flexibility index (Phi) is 11.1. The van der Waals surface area contributed by atoms with Gasteiger partial charge in [0.15, 0.2) is 22.2 Å². The lowest BCUT2D eigenvalue weighted by Crippen LogP contribution is -2.42. The van der Waals surface area contributed by atoms with Gasteiger partial charge in [0.25, 0.3) is 14.5 Å². The van der Waals surface area contributed by atoms with Crippen molar-refractivity contribution in [2.45, 2.75) is 66.9 Å². The third-order valence-electron chi connectivity index (χ3n) is 10.5. The minimum atomic E-state index is -3.63. The maximum atomic E-state index is 13.5. The van der Waals surface area contributed by atoms with Gasteiger partial charge in [-0.25, -0.2) is 13.1 Å². The number of hydrogen-bond donors (Lipinski definition) is 1. The van der Waals surface area contributed by atoms with Gasteiger partial charge in [0.05, 0.1) is 37.6 Å². The van der Waals surface area contributed by atoms with Crippen molar-refractivity contribution in [1.82, 2.24) is 9.99 Å². The number of nitrogens with zero attached hydrogens (tertiary/aromatic N) is 2. The van der Waals surface area contributed by atoms with Gasteiger partial charge in [-0.05, 0) is 65.9 Å². The Morgan fingerprint density at radius 1 is 0.875 bits per heavy atom. The van der Waals surface area contributed by atoms with Crippen molar-refractivity contribution < 1.29 is 45.9 Å². The Labute approximate surface area is 327 Å². The topological polar surface area (TPSA) is 143 Å². The van der Waals surface area contributed by atoms with Gasteiger partial charge < -0.3 is 32.7 Å². The fourth-order valence-electron chi connectivity index (χ4n) is 7.84. The number of methoxy groups -OCH3 is 2. The van der Waals surface area contributed by atoms with Crippen LogP contribution in [0.1, 0.15) is 36.5 Å². The third kappa shape index (κ3) is 7.55. The lowest BCUT2D eigenvalue weighted by molar-refractivity contribution is -0.118. The maximum absolute atomic E-state index is 13.5. The Morgan fingerprint density at radius 3 is 2.09 bits per heavy atom. The second-order valence-corrected chi connectivity index (χ2v) is 17.4. The quantitative estimate of drug-likeness (QED) is 0.134. The summed E-state index contributed by atoms with van der Waals surface area (Å²) < 4.78 is 73.5. The first-order chi connectivity index (χ1) is 27.2. The van der Waals surface area contributed by atoms with E-state index in [1.807, 2.05) is 78.9 Å². The van der Waals surface area contributed by atoms with E-state index in [-0.39, 0.29) is 35.2 Å². The fraction of sp³-hybridized carbons (Fsp3) is 0.366. The molecular weight excluding hydrogens is 758 g/mol. The molecule has 0 bridgehead atoms. The molecule has 0 radical (unpaired) electrons. The molecule has 3 fully saturated rings. The van der Waals surface area contributed by atoms with E-state index in [4.69, 9.17) is 32.7 Å². The molecule has 1 N–H and O–H groups in total. The van der Waals surface area contributed by atoms with E-state index in [1.165, 1.54) is 6.92 Å². The van der Waals surface area contributed by atoms with Crippen LogP contribution >= 0.6 is 8.53 Å². The highest BCUT2D eigenvalue weighted by atomic mass is 32.2. The third-order valence-corrected chi connectivity index (χ3v) is 14.1. The molecule has 4 aromatic carbocycles. The molecule has 4 aliphatic rings. The van der Waals surface area contributed by atoms with E-state index in [0.717, 1.165) is 29.5 Å². The van der Waals surface area contributed by atoms with Crippen LogP contribution in [0.4, 0.5) is 0 Å². The Balaban J connectivity index is 1.12. The molecule has 1 amide bonds. The zero-order chi connectivity index (χ0) is 38.9. The standard InChI is InChI=1S/C41H44N3O10PS/c1-27(45)42-40-43-39-38(52-40)37(54-55-44-24-10-15-34(44)36(53-55)26-56(46,47)33-13-8-5-9-14-33)35(51-39)25-50-41(28-11-6-4-7-12-28,29-16-20-31(48-2)21-17-29)30-18-22-32(49-3)23-19-30/h4-9,11-14,16-23,34-39H,10,15,24-26H2,1-3H3,(H,42,43,45)/t34-,35+,36+,37+,38-,39+,55-/m0/s1. The van der Waals surface area contributed by atoms with Crippen LogP contribution in [0, 0.1) is 0 Å². The molecule has 56 heavy (non-hydrogen) atoms. The summed E-state index contributed by atoms with van der Waals surface area (Å²) in [4.78, 5) is 16.8. The van der Waals surface area contributed by atoms with Crippen molar-refractivity contribution in [3.8, 4) is 11.5 Å². The summed E-state index contributed by atoms with van der Waals surface area (Å²) in [6.07, 6.45) is -1.95.